The van der Waals surface area contributed by atoms with Crippen molar-refractivity contribution in [1.29, 1.82) is 0 Å². The van der Waals surface area contributed by atoms with E-state index in [1.807, 2.05) is 6.92 Å². The fourth-order valence-electron chi connectivity index (χ4n) is 2.87. The lowest BCUT2D eigenvalue weighted by molar-refractivity contribution is 0.0470. The van der Waals surface area contributed by atoms with Crippen molar-refractivity contribution in [2.45, 2.75) is 97.5 Å². The van der Waals surface area contributed by atoms with Crippen LogP contribution >= 0.6 is 0 Å². The van der Waals surface area contributed by atoms with Gasteiger partial charge in [0.25, 0.3) is 0 Å². The molecule has 0 spiro atoms. The highest BCUT2D eigenvalue weighted by atomic mass is 16.5. The van der Waals surface area contributed by atoms with Gasteiger partial charge in [-0.25, -0.2) is 0 Å². The molecule has 0 aromatic rings. The Hall–Kier alpha value is -0.480. The van der Waals surface area contributed by atoms with Gasteiger partial charge in [-0.3, -0.25) is 0 Å². The van der Waals surface area contributed by atoms with Crippen LogP contribution in [-0.2, 0) is 4.74 Å². The van der Waals surface area contributed by atoms with Crippen LogP contribution in [0.2, 0.25) is 0 Å². The van der Waals surface area contributed by atoms with Crippen LogP contribution in [0.1, 0.15) is 91.9 Å². The largest absolute Gasteiger partial charge is 0.366 e. The van der Waals surface area contributed by atoms with Gasteiger partial charge in [0, 0.05) is 7.11 Å². The second-order valence-corrected chi connectivity index (χ2v) is 7.11. The van der Waals surface area contributed by atoms with Crippen LogP contribution < -0.4 is 0 Å². The van der Waals surface area contributed by atoms with Gasteiger partial charge in [-0.1, -0.05) is 78.1 Å². The molecule has 0 aliphatic rings. The lowest BCUT2D eigenvalue weighted by Gasteiger charge is -2.22. The minimum atomic E-state index is -0.368. The molecule has 0 bridgehead atoms. The van der Waals surface area contributed by atoms with Crippen molar-refractivity contribution >= 4 is 0 Å². The van der Waals surface area contributed by atoms with Gasteiger partial charge >= 0.3 is 0 Å². The molecule has 1 nitrogen and oxygen atoms in total. The van der Waals surface area contributed by atoms with Crippen molar-refractivity contribution in [1.82, 2.24) is 0 Å². The molecular formula is C20H38O. The van der Waals surface area contributed by atoms with Gasteiger partial charge in [0.1, 0.15) is 5.60 Å². The van der Waals surface area contributed by atoms with E-state index in [1.165, 1.54) is 57.8 Å². The topological polar surface area (TPSA) is 9.23 Å². The normalized spacial score (nSPS) is 17.0. The summed E-state index contributed by atoms with van der Waals surface area (Å²) in [6.07, 6.45) is 18.6. The Labute approximate surface area is 134 Å². The Morgan fingerprint density at radius 3 is 1.95 bits per heavy atom. The molecule has 3 atom stereocenters. The molecule has 0 aromatic heterocycles. The molecule has 0 saturated carbocycles. The number of terminal acetylenes is 1. The summed E-state index contributed by atoms with van der Waals surface area (Å²) >= 11 is 0. The molecular weight excluding hydrogens is 256 g/mol. The summed E-state index contributed by atoms with van der Waals surface area (Å²) in [4.78, 5) is 0. The van der Waals surface area contributed by atoms with Crippen molar-refractivity contribution in [3.63, 3.8) is 0 Å². The zero-order valence-electron chi connectivity index (χ0n) is 15.2. The summed E-state index contributed by atoms with van der Waals surface area (Å²) < 4.78 is 5.39. The zero-order valence-corrected chi connectivity index (χ0v) is 15.2. The molecule has 0 heterocycles. The van der Waals surface area contributed by atoms with Crippen LogP contribution in [-0.4, -0.2) is 12.7 Å². The SMILES string of the molecule is C#CC(C)(CCCC(C)CCCC(C)CCCCC)OC. The lowest BCUT2D eigenvalue weighted by atomic mass is 9.91. The molecule has 124 valence electrons. The second-order valence-electron chi connectivity index (χ2n) is 7.11. The molecule has 0 aromatic carbocycles. The van der Waals surface area contributed by atoms with E-state index in [9.17, 15) is 0 Å². The third-order valence-electron chi connectivity index (χ3n) is 4.80. The van der Waals surface area contributed by atoms with E-state index >= 15 is 0 Å². The molecule has 0 radical (unpaired) electrons. The minimum Gasteiger partial charge on any atom is -0.366 e. The summed E-state index contributed by atoms with van der Waals surface area (Å²) in [5, 5.41) is 0. The van der Waals surface area contributed by atoms with Crippen molar-refractivity contribution in [3.05, 3.63) is 0 Å². The monoisotopic (exact) mass is 294 g/mol. The summed E-state index contributed by atoms with van der Waals surface area (Å²) in [6.45, 7) is 9.08. The number of unbranched alkanes of at least 4 members (excludes halogenated alkanes) is 2. The van der Waals surface area contributed by atoms with E-state index in [4.69, 9.17) is 11.2 Å². The first kappa shape index (κ1) is 20.5. The summed E-state index contributed by atoms with van der Waals surface area (Å²) in [7, 11) is 1.71. The van der Waals surface area contributed by atoms with Crippen LogP contribution in [0.4, 0.5) is 0 Å². The Morgan fingerprint density at radius 2 is 1.48 bits per heavy atom. The molecule has 0 saturated heterocycles. The van der Waals surface area contributed by atoms with Crippen LogP contribution in [0, 0.1) is 24.2 Å². The van der Waals surface area contributed by atoms with Crippen molar-refractivity contribution < 1.29 is 4.74 Å². The highest BCUT2D eigenvalue weighted by Gasteiger charge is 2.19. The smallest absolute Gasteiger partial charge is 0.125 e. The van der Waals surface area contributed by atoms with E-state index < -0.39 is 0 Å². The molecule has 0 aliphatic heterocycles. The van der Waals surface area contributed by atoms with E-state index in [0.29, 0.717) is 0 Å². The number of ether oxygens (including phenoxy) is 1. The number of rotatable bonds is 13. The lowest BCUT2D eigenvalue weighted by Crippen LogP contribution is -2.24. The Balaban J connectivity index is 3.63. The Kier molecular flexibility index (Phi) is 11.8. The van der Waals surface area contributed by atoms with Crippen molar-refractivity contribution in [2.24, 2.45) is 11.8 Å². The Bertz CT molecular complexity index is 278. The van der Waals surface area contributed by atoms with Crippen LogP contribution in [0.5, 0.6) is 0 Å². The minimum absolute atomic E-state index is 0.368. The van der Waals surface area contributed by atoms with Gasteiger partial charge in [-0.2, -0.15) is 0 Å². The molecule has 0 amide bonds. The molecule has 0 rings (SSSR count). The molecule has 21 heavy (non-hydrogen) atoms. The highest BCUT2D eigenvalue weighted by molar-refractivity contribution is 5.05. The predicted molar refractivity (Wildman–Crippen MR) is 94.4 cm³/mol. The number of hydrogen-bond donors (Lipinski definition) is 0. The first-order valence-electron chi connectivity index (χ1n) is 9.00. The third kappa shape index (κ3) is 10.8. The number of methoxy groups -OCH3 is 1. The van der Waals surface area contributed by atoms with Gasteiger partial charge in [-0.15, -0.1) is 6.42 Å². The molecule has 0 fully saturated rings. The van der Waals surface area contributed by atoms with Gasteiger partial charge in [-0.05, 0) is 31.6 Å². The van der Waals surface area contributed by atoms with Crippen molar-refractivity contribution in [2.75, 3.05) is 7.11 Å². The standard InChI is InChI=1S/C20H38O/c1-7-9-10-13-18(3)14-11-15-19(4)16-12-17-20(5,8-2)21-6/h2,18-19H,7,9-17H2,1,3-6H3. The maximum atomic E-state index is 5.52. The Morgan fingerprint density at radius 1 is 0.952 bits per heavy atom. The summed E-state index contributed by atoms with van der Waals surface area (Å²) in [5.41, 5.74) is -0.368. The first-order valence-corrected chi connectivity index (χ1v) is 9.00. The highest BCUT2D eigenvalue weighted by Crippen LogP contribution is 2.23. The number of hydrogen-bond acceptors (Lipinski definition) is 1. The van der Waals surface area contributed by atoms with Crippen LogP contribution in [0.25, 0.3) is 0 Å². The van der Waals surface area contributed by atoms with E-state index in [1.54, 1.807) is 7.11 Å². The van der Waals surface area contributed by atoms with E-state index in [0.717, 1.165) is 18.3 Å². The maximum absolute atomic E-state index is 5.52. The van der Waals surface area contributed by atoms with Gasteiger partial charge in [0.2, 0.25) is 0 Å². The molecule has 0 aliphatic carbocycles. The average Bonchev–Trinajstić information content (AvgIpc) is 2.47. The quantitative estimate of drug-likeness (QED) is 0.289. The van der Waals surface area contributed by atoms with Crippen LogP contribution in [0.3, 0.4) is 0 Å². The first-order chi connectivity index (χ1) is 9.97. The van der Waals surface area contributed by atoms with E-state index in [-0.39, 0.29) is 5.60 Å². The third-order valence-corrected chi connectivity index (χ3v) is 4.80. The zero-order chi connectivity index (χ0) is 16.1. The van der Waals surface area contributed by atoms with Crippen molar-refractivity contribution in [3.8, 4) is 12.3 Å². The van der Waals surface area contributed by atoms with E-state index in [2.05, 4.69) is 26.7 Å². The fraction of sp³-hybridized carbons (Fsp3) is 0.900. The van der Waals surface area contributed by atoms with Crippen LogP contribution in [0.15, 0.2) is 0 Å². The summed E-state index contributed by atoms with van der Waals surface area (Å²) in [6, 6.07) is 0. The molecule has 3 unspecified atom stereocenters. The van der Waals surface area contributed by atoms with Gasteiger partial charge in [0.05, 0.1) is 0 Å². The molecule has 0 N–H and O–H groups in total. The van der Waals surface area contributed by atoms with Gasteiger partial charge in [0.15, 0.2) is 0 Å². The maximum Gasteiger partial charge on any atom is 0.125 e. The fourth-order valence-corrected chi connectivity index (χ4v) is 2.87. The summed E-state index contributed by atoms with van der Waals surface area (Å²) in [5.74, 6) is 4.48. The second kappa shape index (κ2) is 12.1. The van der Waals surface area contributed by atoms with Gasteiger partial charge < -0.3 is 4.74 Å². The molecule has 1 heteroatoms. The predicted octanol–water partition coefficient (Wildman–Crippen LogP) is 6.22. The average molecular weight is 295 g/mol.